The average Bonchev–Trinajstić information content (AvgIpc) is 3.29. The third-order valence-corrected chi connectivity index (χ3v) is 7.03. The minimum Gasteiger partial charge on any atom is -0.343 e. The molecule has 4 rings (SSSR count). The van der Waals surface area contributed by atoms with Crippen molar-refractivity contribution in [3.8, 4) is 22.6 Å². The van der Waals surface area contributed by atoms with E-state index >= 15 is 0 Å². The lowest BCUT2D eigenvalue weighted by molar-refractivity contribution is -0.132. The summed E-state index contributed by atoms with van der Waals surface area (Å²) >= 11 is 3.26. The van der Waals surface area contributed by atoms with Gasteiger partial charge in [0.1, 0.15) is 0 Å². The zero-order valence-corrected chi connectivity index (χ0v) is 19.7. The molecule has 1 fully saturated rings. The number of hydrogen-bond acceptors (Lipinski definition) is 6. The topological polar surface area (TPSA) is 63.9 Å². The van der Waals surface area contributed by atoms with Gasteiger partial charge in [-0.1, -0.05) is 30.8 Å². The summed E-state index contributed by atoms with van der Waals surface area (Å²) in [5.41, 5.74) is 3.92. The molecule has 0 bridgehead atoms. The monoisotopic (exact) mass is 453 g/mol. The van der Waals surface area contributed by atoms with E-state index < -0.39 is 0 Å². The molecular weight excluding hydrogens is 426 g/mol. The fraction of sp³-hybridized carbons (Fsp3) is 0.391. The predicted octanol–water partition coefficient (Wildman–Crippen LogP) is 5.02. The van der Waals surface area contributed by atoms with Gasteiger partial charge in [0.2, 0.25) is 5.91 Å². The Bertz CT molecular complexity index is 1040. The second-order valence-corrected chi connectivity index (χ2v) is 9.12. The SMILES string of the molecule is CCC(=O)N1CCC(n2cnc(-c3ccc(SC)cc3)c2-c2ccnc(SC)n2)CC1. The van der Waals surface area contributed by atoms with Gasteiger partial charge in [-0.2, -0.15) is 0 Å². The van der Waals surface area contributed by atoms with Crippen molar-refractivity contribution in [3.63, 3.8) is 0 Å². The summed E-state index contributed by atoms with van der Waals surface area (Å²) in [6.07, 6.45) is 10.2. The fourth-order valence-corrected chi connectivity index (χ4v) is 4.80. The Balaban J connectivity index is 1.73. The Labute approximate surface area is 191 Å². The van der Waals surface area contributed by atoms with Crippen LogP contribution >= 0.6 is 23.5 Å². The number of thioether (sulfide) groups is 2. The lowest BCUT2D eigenvalue weighted by Crippen LogP contribution is -2.38. The van der Waals surface area contributed by atoms with Gasteiger partial charge in [-0.05, 0) is 43.6 Å². The minimum absolute atomic E-state index is 0.235. The molecule has 0 spiro atoms. The van der Waals surface area contributed by atoms with Crippen LogP contribution in [0.25, 0.3) is 22.6 Å². The van der Waals surface area contributed by atoms with Gasteiger partial charge in [-0.25, -0.2) is 15.0 Å². The number of aromatic nitrogens is 4. The van der Waals surface area contributed by atoms with Crippen molar-refractivity contribution in [3.05, 3.63) is 42.9 Å². The molecule has 1 saturated heterocycles. The molecule has 0 N–H and O–H groups in total. The van der Waals surface area contributed by atoms with Crippen LogP contribution in [0.3, 0.4) is 0 Å². The second-order valence-electron chi connectivity index (χ2n) is 7.47. The molecule has 162 valence electrons. The zero-order valence-electron chi connectivity index (χ0n) is 18.1. The van der Waals surface area contributed by atoms with E-state index in [-0.39, 0.29) is 11.9 Å². The highest BCUT2D eigenvalue weighted by molar-refractivity contribution is 7.98. The van der Waals surface area contributed by atoms with Gasteiger partial charge < -0.3 is 9.47 Å². The van der Waals surface area contributed by atoms with Gasteiger partial charge in [-0.15, -0.1) is 11.8 Å². The van der Waals surface area contributed by atoms with Gasteiger partial charge in [0, 0.05) is 42.2 Å². The van der Waals surface area contributed by atoms with Crippen molar-refractivity contribution in [2.75, 3.05) is 25.6 Å². The van der Waals surface area contributed by atoms with E-state index in [2.05, 4.69) is 40.1 Å². The Hall–Kier alpha value is -2.32. The number of likely N-dealkylation sites (tertiary alicyclic amines) is 1. The van der Waals surface area contributed by atoms with Gasteiger partial charge in [-0.3, -0.25) is 4.79 Å². The van der Waals surface area contributed by atoms with E-state index in [0.717, 1.165) is 53.7 Å². The largest absolute Gasteiger partial charge is 0.343 e. The van der Waals surface area contributed by atoms with E-state index in [1.807, 2.05) is 36.7 Å². The molecule has 2 aromatic heterocycles. The van der Waals surface area contributed by atoms with Crippen LogP contribution in [0.2, 0.25) is 0 Å². The zero-order chi connectivity index (χ0) is 21.8. The number of carbonyl (C=O) groups excluding carboxylic acids is 1. The number of amides is 1. The van der Waals surface area contributed by atoms with Gasteiger partial charge in [0.25, 0.3) is 0 Å². The molecule has 0 unspecified atom stereocenters. The summed E-state index contributed by atoms with van der Waals surface area (Å²) in [5.74, 6) is 0.235. The molecule has 0 atom stereocenters. The van der Waals surface area contributed by atoms with Crippen LogP contribution in [0, 0.1) is 0 Å². The predicted molar refractivity (Wildman–Crippen MR) is 127 cm³/mol. The first kappa shape index (κ1) is 21.9. The summed E-state index contributed by atoms with van der Waals surface area (Å²) in [7, 11) is 0. The molecule has 0 saturated carbocycles. The smallest absolute Gasteiger partial charge is 0.222 e. The van der Waals surface area contributed by atoms with Gasteiger partial charge >= 0.3 is 0 Å². The van der Waals surface area contributed by atoms with E-state index in [4.69, 9.17) is 9.97 Å². The Kier molecular flexibility index (Phi) is 6.97. The van der Waals surface area contributed by atoms with Crippen LogP contribution < -0.4 is 0 Å². The van der Waals surface area contributed by atoms with E-state index in [0.29, 0.717) is 6.42 Å². The van der Waals surface area contributed by atoms with Crippen LogP contribution in [-0.2, 0) is 4.79 Å². The molecule has 1 aliphatic heterocycles. The van der Waals surface area contributed by atoms with Crippen molar-refractivity contribution >= 4 is 29.4 Å². The lowest BCUT2D eigenvalue weighted by Gasteiger charge is -2.33. The Morgan fingerprint density at radius 2 is 1.81 bits per heavy atom. The van der Waals surface area contributed by atoms with Crippen LogP contribution in [0.5, 0.6) is 0 Å². The van der Waals surface area contributed by atoms with Crippen molar-refractivity contribution in [2.24, 2.45) is 0 Å². The average molecular weight is 454 g/mol. The first-order valence-corrected chi connectivity index (χ1v) is 13.0. The third kappa shape index (κ3) is 4.65. The maximum atomic E-state index is 12.1. The minimum atomic E-state index is 0.235. The Morgan fingerprint density at radius 1 is 1.06 bits per heavy atom. The highest BCUT2D eigenvalue weighted by atomic mass is 32.2. The molecule has 6 nitrogen and oxygen atoms in total. The molecular formula is C23H27N5OS2. The number of rotatable bonds is 6. The summed E-state index contributed by atoms with van der Waals surface area (Å²) < 4.78 is 2.26. The normalized spacial score (nSPS) is 14.7. The van der Waals surface area contributed by atoms with Crippen molar-refractivity contribution < 1.29 is 4.79 Å². The van der Waals surface area contributed by atoms with Crippen LogP contribution in [0.15, 0.2) is 52.9 Å². The Morgan fingerprint density at radius 3 is 2.45 bits per heavy atom. The quantitative estimate of drug-likeness (QED) is 0.386. The molecule has 8 heteroatoms. The summed E-state index contributed by atoms with van der Waals surface area (Å²) in [6.45, 7) is 3.49. The van der Waals surface area contributed by atoms with Crippen molar-refractivity contribution in [2.45, 2.75) is 42.3 Å². The number of piperidine rings is 1. The highest BCUT2D eigenvalue weighted by Crippen LogP contribution is 2.36. The first-order chi connectivity index (χ1) is 15.1. The van der Waals surface area contributed by atoms with Crippen LogP contribution in [0.1, 0.15) is 32.2 Å². The third-order valence-electron chi connectivity index (χ3n) is 5.73. The lowest BCUT2D eigenvalue weighted by atomic mass is 10.0. The molecule has 1 amide bonds. The van der Waals surface area contributed by atoms with E-state index in [1.54, 1.807) is 11.8 Å². The van der Waals surface area contributed by atoms with Gasteiger partial charge in [0.15, 0.2) is 5.16 Å². The molecule has 1 aromatic carbocycles. The molecule has 3 heterocycles. The van der Waals surface area contributed by atoms with Crippen LogP contribution in [-0.4, -0.2) is 55.9 Å². The fourth-order valence-electron chi connectivity index (χ4n) is 4.04. The maximum absolute atomic E-state index is 12.1. The summed E-state index contributed by atoms with van der Waals surface area (Å²) in [4.78, 5) is 29.3. The summed E-state index contributed by atoms with van der Waals surface area (Å²) in [6, 6.07) is 10.8. The van der Waals surface area contributed by atoms with Gasteiger partial charge in [0.05, 0.1) is 23.4 Å². The van der Waals surface area contributed by atoms with Crippen molar-refractivity contribution in [1.29, 1.82) is 0 Å². The number of imidazole rings is 1. The van der Waals surface area contributed by atoms with Crippen LogP contribution in [0.4, 0.5) is 0 Å². The maximum Gasteiger partial charge on any atom is 0.222 e. The molecule has 0 radical (unpaired) electrons. The van der Waals surface area contributed by atoms with Crippen molar-refractivity contribution in [1.82, 2.24) is 24.4 Å². The summed E-state index contributed by atoms with van der Waals surface area (Å²) in [5, 5.41) is 0.747. The molecule has 3 aromatic rings. The molecule has 31 heavy (non-hydrogen) atoms. The number of nitrogens with zero attached hydrogens (tertiary/aromatic N) is 5. The number of hydrogen-bond donors (Lipinski definition) is 0. The highest BCUT2D eigenvalue weighted by Gasteiger charge is 2.27. The standard InChI is InChI=1S/C23H27N5OS2/c1-4-20(29)27-13-10-17(11-14-27)28-15-25-21(16-5-7-18(30-2)8-6-16)22(28)19-9-12-24-23(26-19)31-3/h5-9,12,15,17H,4,10-11,13-14H2,1-3H3. The second kappa shape index (κ2) is 9.87. The first-order valence-electron chi connectivity index (χ1n) is 10.5. The number of carbonyl (C=O) groups is 1. The van der Waals surface area contributed by atoms with E-state index in [9.17, 15) is 4.79 Å². The number of benzene rings is 1. The molecule has 0 aliphatic carbocycles. The molecule has 1 aliphatic rings. The van der Waals surface area contributed by atoms with E-state index in [1.165, 1.54) is 16.7 Å².